The number of aromatic carboxylic acids is 2. The van der Waals surface area contributed by atoms with Gasteiger partial charge in [0.2, 0.25) is 0 Å². The molecule has 0 amide bonds. The fraction of sp³-hybridized carbons (Fsp3) is 0.176. The molecule has 0 spiro atoms. The fourth-order valence-corrected chi connectivity index (χ4v) is 2.41. The van der Waals surface area contributed by atoms with Crippen LogP contribution in [0.25, 0.3) is 0 Å². The molecule has 1 unspecified atom stereocenters. The zero-order valence-corrected chi connectivity index (χ0v) is 11.6. The molecule has 1 atom stereocenters. The first-order valence-electron chi connectivity index (χ1n) is 6.69. The van der Waals surface area contributed by atoms with Crippen LogP contribution in [0.5, 0.6) is 0 Å². The second-order valence-corrected chi connectivity index (χ2v) is 4.82. The van der Waals surface area contributed by atoms with Gasteiger partial charge >= 0.3 is 11.9 Å². The summed E-state index contributed by atoms with van der Waals surface area (Å²) in [6.07, 6.45) is 0.801. The van der Waals surface area contributed by atoms with Crippen molar-refractivity contribution in [3.8, 4) is 0 Å². The lowest BCUT2D eigenvalue weighted by Gasteiger charge is -2.16. The largest absolute Gasteiger partial charge is 0.478 e. The van der Waals surface area contributed by atoms with Crippen molar-refractivity contribution >= 4 is 11.9 Å². The van der Waals surface area contributed by atoms with Crippen molar-refractivity contribution in [2.75, 3.05) is 0 Å². The van der Waals surface area contributed by atoms with Gasteiger partial charge in [-0.25, -0.2) is 9.59 Å². The summed E-state index contributed by atoms with van der Waals surface area (Å²) in [6.45, 7) is 2.02. The van der Waals surface area contributed by atoms with Crippen LogP contribution in [0, 0.1) is 0 Å². The van der Waals surface area contributed by atoms with E-state index in [1.165, 1.54) is 0 Å². The van der Waals surface area contributed by atoms with Gasteiger partial charge in [0.15, 0.2) is 0 Å². The Morgan fingerprint density at radius 2 is 1.52 bits per heavy atom. The van der Waals surface area contributed by atoms with Gasteiger partial charge in [0.1, 0.15) is 0 Å². The average Bonchev–Trinajstić information content (AvgIpc) is 2.49. The van der Waals surface area contributed by atoms with Crippen LogP contribution in [0.2, 0.25) is 0 Å². The van der Waals surface area contributed by atoms with E-state index < -0.39 is 11.9 Å². The summed E-state index contributed by atoms with van der Waals surface area (Å²) < 4.78 is 0. The van der Waals surface area contributed by atoms with Crippen molar-refractivity contribution in [3.05, 3.63) is 70.8 Å². The van der Waals surface area contributed by atoms with Crippen molar-refractivity contribution in [2.45, 2.75) is 19.3 Å². The summed E-state index contributed by atoms with van der Waals surface area (Å²) in [7, 11) is 0. The number of rotatable bonds is 5. The molecular formula is C17H16O4. The highest BCUT2D eigenvalue weighted by Crippen LogP contribution is 2.28. The minimum atomic E-state index is -0.956. The molecule has 2 aromatic carbocycles. The molecule has 21 heavy (non-hydrogen) atoms. The molecule has 2 aromatic rings. The van der Waals surface area contributed by atoms with Crippen LogP contribution < -0.4 is 0 Å². The van der Waals surface area contributed by atoms with E-state index in [0.29, 0.717) is 0 Å². The van der Waals surface area contributed by atoms with Gasteiger partial charge < -0.3 is 10.2 Å². The summed E-state index contributed by atoms with van der Waals surface area (Å²) in [6, 6.07) is 13.6. The lowest BCUT2D eigenvalue weighted by Crippen LogP contribution is -2.04. The monoisotopic (exact) mass is 284 g/mol. The number of carboxylic acids is 2. The number of hydrogen-bond acceptors (Lipinski definition) is 2. The highest BCUT2D eigenvalue weighted by Gasteiger charge is 2.14. The Balaban J connectivity index is 2.37. The van der Waals surface area contributed by atoms with Crippen LogP contribution >= 0.6 is 0 Å². The third kappa shape index (κ3) is 3.28. The van der Waals surface area contributed by atoms with E-state index in [2.05, 4.69) is 0 Å². The van der Waals surface area contributed by atoms with E-state index in [-0.39, 0.29) is 17.0 Å². The summed E-state index contributed by atoms with van der Waals surface area (Å²) in [4.78, 5) is 21.9. The normalized spacial score (nSPS) is 11.9. The van der Waals surface area contributed by atoms with Crippen LogP contribution in [0.4, 0.5) is 0 Å². The predicted octanol–water partition coefficient (Wildman–Crippen LogP) is 3.62. The second-order valence-electron chi connectivity index (χ2n) is 4.82. The molecule has 0 bridgehead atoms. The van der Waals surface area contributed by atoms with Crippen molar-refractivity contribution < 1.29 is 19.8 Å². The molecule has 0 fully saturated rings. The molecule has 2 rings (SSSR count). The molecule has 4 nitrogen and oxygen atoms in total. The van der Waals surface area contributed by atoms with Crippen molar-refractivity contribution in [1.82, 2.24) is 0 Å². The molecule has 0 radical (unpaired) electrons. The first-order chi connectivity index (χ1) is 10.0. The summed E-state index contributed by atoms with van der Waals surface area (Å²) in [5, 5.41) is 18.0. The smallest absolute Gasteiger partial charge is 0.335 e. The molecule has 108 valence electrons. The Morgan fingerprint density at radius 3 is 2.05 bits per heavy atom. The molecular weight excluding hydrogens is 268 g/mol. The van der Waals surface area contributed by atoms with Gasteiger partial charge in [-0.05, 0) is 41.8 Å². The predicted molar refractivity (Wildman–Crippen MR) is 78.9 cm³/mol. The lowest BCUT2D eigenvalue weighted by molar-refractivity contribution is 0.0686. The molecule has 0 aliphatic heterocycles. The van der Waals surface area contributed by atoms with Crippen LogP contribution in [-0.4, -0.2) is 22.2 Å². The summed E-state index contributed by atoms with van der Waals surface area (Å²) >= 11 is 0. The second kappa shape index (κ2) is 6.22. The van der Waals surface area contributed by atoms with E-state index in [1.54, 1.807) is 42.5 Å². The van der Waals surface area contributed by atoms with Crippen LogP contribution in [-0.2, 0) is 0 Å². The Labute approximate surface area is 122 Å². The molecule has 2 N–H and O–H groups in total. The SMILES string of the molecule is CCC(c1ccc(C(=O)O)cc1)c1cccc(C(=O)O)c1. The van der Waals surface area contributed by atoms with E-state index >= 15 is 0 Å². The minimum Gasteiger partial charge on any atom is -0.478 e. The summed E-state index contributed by atoms with van der Waals surface area (Å²) in [5.74, 6) is -1.86. The third-order valence-corrected chi connectivity index (χ3v) is 3.50. The van der Waals surface area contributed by atoms with Gasteiger partial charge in [-0.3, -0.25) is 0 Å². The van der Waals surface area contributed by atoms with Crippen molar-refractivity contribution in [3.63, 3.8) is 0 Å². The number of carboxylic acid groups (broad SMARTS) is 2. The molecule has 0 aliphatic rings. The first kappa shape index (κ1) is 14.8. The molecule has 0 aromatic heterocycles. The third-order valence-electron chi connectivity index (χ3n) is 3.50. The van der Waals surface area contributed by atoms with E-state index in [1.807, 2.05) is 13.0 Å². The van der Waals surface area contributed by atoms with E-state index in [0.717, 1.165) is 17.5 Å². The van der Waals surface area contributed by atoms with Crippen molar-refractivity contribution in [1.29, 1.82) is 0 Å². The Morgan fingerprint density at radius 1 is 0.905 bits per heavy atom. The Bertz CT molecular complexity index is 659. The first-order valence-corrected chi connectivity index (χ1v) is 6.69. The van der Waals surface area contributed by atoms with Crippen LogP contribution in [0.15, 0.2) is 48.5 Å². The zero-order valence-electron chi connectivity index (χ0n) is 11.6. The Hall–Kier alpha value is -2.62. The van der Waals surface area contributed by atoms with Crippen molar-refractivity contribution in [2.24, 2.45) is 0 Å². The quantitative estimate of drug-likeness (QED) is 0.879. The maximum Gasteiger partial charge on any atom is 0.335 e. The topological polar surface area (TPSA) is 74.6 Å². The molecule has 0 saturated heterocycles. The standard InChI is InChI=1S/C17H16O4/c1-2-15(11-6-8-12(9-7-11)16(18)19)13-4-3-5-14(10-13)17(20)21/h3-10,15H,2H2,1H3,(H,18,19)(H,20,21). The van der Waals surface area contributed by atoms with Crippen LogP contribution in [0.3, 0.4) is 0 Å². The number of carbonyl (C=O) groups is 2. The van der Waals surface area contributed by atoms with Gasteiger partial charge in [-0.1, -0.05) is 31.2 Å². The van der Waals surface area contributed by atoms with E-state index in [9.17, 15) is 9.59 Å². The average molecular weight is 284 g/mol. The Kier molecular flexibility index (Phi) is 4.38. The molecule has 0 saturated carbocycles. The highest BCUT2D eigenvalue weighted by atomic mass is 16.4. The minimum absolute atomic E-state index is 0.0483. The van der Waals surface area contributed by atoms with Gasteiger partial charge in [0, 0.05) is 5.92 Å². The van der Waals surface area contributed by atoms with Crippen LogP contribution in [0.1, 0.15) is 51.1 Å². The van der Waals surface area contributed by atoms with Gasteiger partial charge in [-0.2, -0.15) is 0 Å². The zero-order chi connectivity index (χ0) is 15.4. The fourth-order valence-electron chi connectivity index (χ4n) is 2.41. The maximum absolute atomic E-state index is 11.1. The van der Waals surface area contributed by atoms with Gasteiger partial charge in [0.25, 0.3) is 0 Å². The van der Waals surface area contributed by atoms with Gasteiger partial charge in [-0.15, -0.1) is 0 Å². The lowest BCUT2D eigenvalue weighted by atomic mass is 9.88. The van der Waals surface area contributed by atoms with E-state index in [4.69, 9.17) is 10.2 Å². The number of hydrogen-bond donors (Lipinski definition) is 2. The maximum atomic E-state index is 11.1. The molecule has 0 heterocycles. The summed E-state index contributed by atoms with van der Waals surface area (Å²) in [5.41, 5.74) is 2.39. The number of benzene rings is 2. The highest BCUT2D eigenvalue weighted by molar-refractivity contribution is 5.88. The molecule has 4 heteroatoms. The molecule has 0 aliphatic carbocycles. The van der Waals surface area contributed by atoms with Gasteiger partial charge in [0.05, 0.1) is 11.1 Å².